The highest BCUT2D eigenvalue weighted by Crippen LogP contribution is 2.41. The van der Waals surface area contributed by atoms with Crippen molar-refractivity contribution in [2.45, 2.75) is 26.7 Å². The van der Waals surface area contributed by atoms with E-state index in [9.17, 15) is 14.4 Å². The van der Waals surface area contributed by atoms with E-state index < -0.39 is 17.9 Å². The van der Waals surface area contributed by atoms with E-state index in [1.54, 1.807) is 63.2 Å². The molecule has 0 saturated heterocycles. The van der Waals surface area contributed by atoms with Crippen molar-refractivity contribution in [3.05, 3.63) is 80.8 Å². The number of methoxy groups -OCH3 is 1. The van der Waals surface area contributed by atoms with Crippen molar-refractivity contribution in [3.8, 4) is 0 Å². The standard InChI is InChI=1S/C25H23NO6/c1-5-31-25(29)20-14(3)26-13(2)19(24(28)30-4)21(20)16-10-8-11-17-22(27)15-9-6-7-12-18(15)32-23(16)17/h6-12,21,26H,5H2,1-4H3. The molecule has 2 heterocycles. The number of esters is 2. The zero-order chi connectivity index (χ0) is 23.0. The average Bonchev–Trinajstić information content (AvgIpc) is 2.78. The van der Waals surface area contributed by atoms with Crippen molar-refractivity contribution < 1.29 is 23.5 Å². The first-order chi connectivity index (χ1) is 15.4. The van der Waals surface area contributed by atoms with Crippen LogP contribution in [0.15, 0.2) is 74.2 Å². The van der Waals surface area contributed by atoms with E-state index in [4.69, 9.17) is 13.9 Å². The molecule has 0 saturated carbocycles. The van der Waals surface area contributed by atoms with Gasteiger partial charge in [0.25, 0.3) is 0 Å². The molecule has 4 rings (SSSR count). The van der Waals surface area contributed by atoms with E-state index in [2.05, 4.69) is 5.32 Å². The van der Waals surface area contributed by atoms with E-state index in [0.717, 1.165) is 0 Å². The molecule has 2 aromatic carbocycles. The molecular formula is C25H23NO6. The van der Waals surface area contributed by atoms with Crippen LogP contribution in [0.3, 0.4) is 0 Å². The van der Waals surface area contributed by atoms with Crippen LogP contribution in [0.5, 0.6) is 0 Å². The Balaban J connectivity index is 2.08. The van der Waals surface area contributed by atoms with Crippen molar-refractivity contribution in [3.63, 3.8) is 0 Å². The molecule has 1 aliphatic rings. The molecule has 1 aliphatic heterocycles. The first-order valence-corrected chi connectivity index (χ1v) is 10.3. The normalized spacial score (nSPS) is 16.3. The number of para-hydroxylation sites is 2. The molecule has 1 N–H and O–H groups in total. The molecule has 164 valence electrons. The highest BCUT2D eigenvalue weighted by Gasteiger charge is 2.39. The number of nitrogens with one attached hydrogen (secondary N) is 1. The van der Waals surface area contributed by atoms with Crippen molar-refractivity contribution in [2.75, 3.05) is 13.7 Å². The molecule has 1 unspecified atom stereocenters. The largest absolute Gasteiger partial charge is 0.466 e. The summed E-state index contributed by atoms with van der Waals surface area (Å²) in [4.78, 5) is 39.0. The first kappa shape index (κ1) is 21.4. The van der Waals surface area contributed by atoms with Crippen LogP contribution in [0.2, 0.25) is 0 Å². The lowest BCUT2D eigenvalue weighted by Gasteiger charge is -2.30. The molecule has 0 spiro atoms. The monoisotopic (exact) mass is 433 g/mol. The lowest BCUT2D eigenvalue weighted by Crippen LogP contribution is -2.32. The van der Waals surface area contributed by atoms with Gasteiger partial charge in [0.05, 0.1) is 41.6 Å². The van der Waals surface area contributed by atoms with Gasteiger partial charge in [-0.3, -0.25) is 4.79 Å². The third-order valence-corrected chi connectivity index (χ3v) is 5.61. The van der Waals surface area contributed by atoms with Gasteiger partial charge in [-0.05, 0) is 39.0 Å². The number of fused-ring (bicyclic) bond motifs is 2. The number of rotatable bonds is 4. The molecule has 0 bridgehead atoms. The summed E-state index contributed by atoms with van der Waals surface area (Å²) in [6.07, 6.45) is 0. The van der Waals surface area contributed by atoms with Crippen LogP contribution in [-0.2, 0) is 19.1 Å². The minimum atomic E-state index is -0.837. The van der Waals surface area contributed by atoms with Gasteiger partial charge >= 0.3 is 11.9 Å². The molecule has 1 aromatic heterocycles. The molecule has 0 aliphatic carbocycles. The van der Waals surface area contributed by atoms with Crippen LogP contribution in [0, 0.1) is 0 Å². The Morgan fingerprint density at radius 2 is 1.62 bits per heavy atom. The highest BCUT2D eigenvalue weighted by molar-refractivity contribution is 6.02. The maximum atomic E-state index is 13.2. The number of ether oxygens (including phenoxy) is 2. The number of allylic oxidation sites excluding steroid dienone is 2. The molecule has 32 heavy (non-hydrogen) atoms. The third-order valence-electron chi connectivity index (χ3n) is 5.61. The molecule has 0 amide bonds. The van der Waals surface area contributed by atoms with E-state index in [1.807, 2.05) is 0 Å². The highest BCUT2D eigenvalue weighted by atomic mass is 16.5. The lowest BCUT2D eigenvalue weighted by atomic mass is 9.79. The van der Waals surface area contributed by atoms with Crippen LogP contribution in [0.25, 0.3) is 21.9 Å². The Morgan fingerprint density at radius 1 is 0.969 bits per heavy atom. The Morgan fingerprint density at radius 3 is 2.31 bits per heavy atom. The number of carbonyl (C=O) groups excluding carboxylic acids is 2. The second kappa shape index (κ2) is 8.34. The second-order valence-corrected chi connectivity index (χ2v) is 7.50. The summed E-state index contributed by atoms with van der Waals surface area (Å²) >= 11 is 0. The van der Waals surface area contributed by atoms with E-state index in [0.29, 0.717) is 38.9 Å². The van der Waals surface area contributed by atoms with Gasteiger partial charge in [0.1, 0.15) is 11.2 Å². The quantitative estimate of drug-likeness (QED) is 0.492. The van der Waals surface area contributed by atoms with Crippen LogP contribution >= 0.6 is 0 Å². The van der Waals surface area contributed by atoms with E-state index in [-0.39, 0.29) is 23.2 Å². The maximum absolute atomic E-state index is 13.2. The smallest absolute Gasteiger partial charge is 0.336 e. The number of hydrogen-bond acceptors (Lipinski definition) is 7. The minimum Gasteiger partial charge on any atom is -0.466 e. The van der Waals surface area contributed by atoms with Gasteiger partial charge in [-0.25, -0.2) is 9.59 Å². The number of dihydropyridines is 1. The van der Waals surface area contributed by atoms with Gasteiger partial charge in [-0.15, -0.1) is 0 Å². The molecule has 1 atom stereocenters. The van der Waals surface area contributed by atoms with Gasteiger partial charge in [-0.1, -0.05) is 24.3 Å². The lowest BCUT2D eigenvalue weighted by molar-refractivity contribution is -0.139. The summed E-state index contributed by atoms with van der Waals surface area (Å²) in [6, 6.07) is 12.1. The van der Waals surface area contributed by atoms with Crippen molar-refractivity contribution in [1.82, 2.24) is 5.32 Å². The van der Waals surface area contributed by atoms with Crippen molar-refractivity contribution in [1.29, 1.82) is 0 Å². The van der Waals surface area contributed by atoms with Crippen LogP contribution in [0.1, 0.15) is 32.3 Å². The summed E-state index contributed by atoms with van der Waals surface area (Å²) in [5.74, 6) is -1.98. The van der Waals surface area contributed by atoms with E-state index in [1.165, 1.54) is 7.11 Å². The van der Waals surface area contributed by atoms with Gasteiger partial charge in [0.15, 0.2) is 0 Å². The molecule has 7 heteroatoms. The Kier molecular flexibility index (Phi) is 5.57. The Bertz CT molecular complexity index is 1380. The SMILES string of the molecule is CCOC(=O)C1=C(C)NC(C)=C(C(=O)OC)C1c1cccc2c(=O)c3ccccc3oc12. The zero-order valence-corrected chi connectivity index (χ0v) is 18.3. The number of benzene rings is 2. The molecule has 3 aromatic rings. The van der Waals surface area contributed by atoms with E-state index >= 15 is 0 Å². The fraction of sp³-hybridized carbons (Fsp3) is 0.240. The van der Waals surface area contributed by atoms with Crippen LogP contribution in [0.4, 0.5) is 0 Å². The average molecular weight is 433 g/mol. The fourth-order valence-electron chi connectivity index (χ4n) is 4.24. The predicted octanol–water partition coefficient (Wildman–Crippen LogP) is 3.92. The van der Waals surface area contributed by atoms with Gasteiger partial charge in [-0.2, -0.15) is 0 Å². The number of hydrogen-bond donors (Lipinski definition) is 1. The first-order valence-electron chi connectivity index (χ1n) is 10.3. The van der Waals surface area contributed by atoms with Crippen LogP contribution in [-0.4, -0.2) is 25.7 Å². The number of carbonyl (C=O) groups is 2. The van der Waals surface area contributed by atoms with Gasteiger partial charge < -0.3 is 19.2 Å². The summed E-state index contributed by atoms with van der Waals surface area (Å²) in [5, 5.41) is 3.91. The second-order valence-electron chi connectivity index (χ2n) is 7.50. The molecule has 7 nitrogen and oxygen atoms in total. The van der Waals surface area contributed by atoms with Crippen molar-refractivity contribution in [2.24, 2.45) is 0 Å². The molecule has 0 fully saturated rings. The summed E-state index contributed by atoms with van der Waals surface area (Å²) in [6.45, 7) is 5.37. The maximum Gasteiger partial charge on any atom is 0.336 e. The summed E-state index contributed by atoms with van der Waals surface area (Å²) in [5.41, 5.74) is 2.68. The Hall–Kier alpha value is -3.87. The topological polar surface area (TPSA) is 94.8 Å². The minimum absolute atomic E-state index is 0.174. The van der Waals surface area contributed by atoms with Gasteiger partial charge in [0.2, 0.25) is 5.43 Å². The predicted molar refractivity (Wildman–Crippen MR) is 120 cm³/mol. The van der Waals surface area contributed by atoms with Crippen molar-refractivity contribution >= 4 is 33.9 Å². The molecule has 0 radical (unpaired) electrons. The summed E-state index contributed by atoms with van der Waals surface area (Å²) < 4.78 is 16.5. The van der Waals surface area contributed by atoms with Gasteiger partial charge in [0, 0.05) is 17.0 Å². The zero-order valence-electron chi connectivity index (χ0n) is 18.3. The van der Waals surface area contributed by atoms with Crippen LogP contribution < -0.4 is 10.7 Å². The summed E-state index contributed by atoms with van der Waals surface area (Å²) in [7, 11) is 1.28. The molecular weight excluding hydrogens is 410 g/mol. The third kappa shape index (κ3) is 3.36. The Labute approximate surface area is 184 Å². The fourth-order valence-corrected chi connectivity index (χ4v) is 4.24.